The Morgan fingerprint density at radius 1 is 0.867 bits per heavy atom. The van der Waals surface area contributed by atoms with Crippen molar-refractivity contribution in [3.05, 3.63) is 95.4 Å². The minimum atomic E-state index is -0.101. The lowest BCUT2D eigenvalue weighted by Gasteiger charge is -2.14. The van der Waals surface area contributed by atoms with Crippen molar-refractivity contribution in [3.63, 3.8) is 0 Å². The van der Waals surface area contributed by atoms with E-state index in [-0.39, 0.29) is 5.91 Å². The van der Waals surface area contributed by atoms with Crippen LogP contribution in [0.15, 0.2) is 89.8 Å². The summed E-state index contributed by atoms with van der Waals surface area (Å²) in [5, 5.41) is 0. The first-order valence-electron chi connectivity index (χ1n) is 9.45. The van der Waals surface area contributed by atoms with Crippen LogP contribution in [-0.4, -0.2) is 28.3 Å². The van der Waals surface area contributed by atoms with Crippen LogP contribution in [0.1, 0.15) is 5.56 Å². The van der Waals surface area contributed by atoms with Crippen molar-refractivity contribution in [3.8, 4) is 17.2 Å². The van der Waals surface area contributed by atoms with Gasteiger partial charge in [-0.25, -0.2) is 0 Å². The first-order chi connectivity index (χ1) is 14.7. The molecule has 30 heavy (non-hydrogen) atoms. The SMILES string of the molecule is O=C1/C(=C/c2cccc(Oc3ccccc3)c2)SC(=S)N1CCOc1ccccc1. The topological polar surface area (TPSA) is 38.8 Å². The average molecular weight is 434 g/mol. The molecule has 0 bridgehead atoms. The summed E-state index contributed by atoms with van der Waals surface area (Å²) >= 11 is 6.71. The second-order valence-electron chi connectivity index (χ2n) is 6.48. The Labute approximate surface area is 185 Å². The zero-order valence-corrected chi connectivity index (χ0v) is 17.7. The Hall–Kier alpha value is -3.09. The van der Waals surface area contributed by atoms with Crippen LogP contribution in [0.4, 0.5) is 0 Å². The Morgan fingerprint density at radius 2 is 1.53 bits per heavy atom. The van der Waals surface area contributed by atoms with Crippen LogP contribution in [0.2, 0.25) is 0 Å². The number of carbonyl (C=O) groups is 1. The average Bonchev–Trinajstić information content (AvgIpc) is 3.03. The highest BCUT2D eigenvalue weighted by molar-refractivity contribution is 8.26. The van der Waals surface area contributed by atoms with Crippen LogP contribution < -0.4 is 9.47 Å². The number of thioether (sulfide) groups is 1. The monoisotopic (exact) mass is 433 g/mol. The maximum Gasteiger partial charge on any atom is 0.266 e. The number of nitrogens with zero attached hydrogens (tertiary/aromatic N) is 1. The highest BCUT2D eigenvalue weighted by Crippen LogP contribution is 2.33. The second-order valence-corrected chi connectivity index (χ2v) is 8.16. The number of hydrogen-bond donors (Lipinski definition) is 0. The van der Waals surface area contributed by atoms with E-state index >= 15 is 0 Å². The van der Waals surface area contributed by atoms with Gasteiger partial charge in [-0.3, -0.25) is 9.69 Å². The molecule has 1 fully saturated rings. The number of rotatable bonds is 7. The molecule has 1 amide bonds. The Kier molecular flexibility index (Phi) is 6.47. The summed E-state index contributed by atoms with van der Waals surface area (Å²) in [5.41, 5.74) is 0.879. The van der Waals surface area contributed by atoms with Crippen molar-refractivity contribution in [1.29, 1.82) is 0 Å². The number of benzene rings is 3. The summed E-state index contributed by atoms with van der Waals surface area (Å²) in [7, 11) is 0. The van der Waals surface area contributed by atoms with Crippen molar-refractivity contribution in [2.75, 3.05) is 13.2 Å². The molecule has 0 spiro atoms. The number of ether oxygens (including phenoxy) is 2. The predicted octanol–water partition coefficient (Wildman–Crippen LogP) is 5.76. The van der Waals surface area contributed by atoms with Gasteiger partial charge in [0.1, 0.15) is 28.2 Å². The molecule has 6 heteroatoms. The van der Waals surface area contributed by atoms with Gasteiger partial charge < -0.3 is 9.47 Å². The van der Waals surface area contributed by atoms with Crippen molar-refractivity contribution >= 4 is 40.3 Å². The van der Waals surface area contributed by atoms with Crippen LogP contribution >= 0.6 is 24.0 Å². The lowest BCUT2D eigenvalue weighted by atomic mass is 10.2. The third kappa shape index (κ3) is 5.09. The van der Waals surface area contributed by atoms with E-state index in [9.17, 15) is 4.79 Å². The van der Waals surface area contributed by atoms with Gasteiger partial charge in [-0.05, 0) is 48.0 Å². The Balaban J connectivity index is 1.41. The first-order valence-corrected chi connectivity index (χ1v) is 10.7. The summed E-state index contributed by atoms with van der Waals surface area (Å²) < 4.78 is 12.1. The third-order valence-corrected chi connectivity index (χ3v) is 5.71. The van der Waals surface area contributed by atoms with Gasteiger partial charge in [0.05, 0.1) is 11.4 Å². The number of para-hydroxylation sites is 2. The minimum absolute atomic E-state index is 0.101. The Morgan fingerprint density at radius 3 is 2.27 bits per heavy atom. The molecule has 0 aromatic heterocycles. The lowest BCUT2D eigenvalue weighted by Crippen LogP contribution is -2.32. The summed E-state index contributed by atoms with van der Waals surface area (Å²) in [4.78, 5) is 15.0. The lowest BCUT2D eigenvalue weighted by molar-refractivity contribution is -0.122. The summed E-state index contributed by atoms with van der Waals surface area (Å²) in [6.45, 7) is 0.790. The molecule has 1 saturated heterocycles. The van der Waals surface area contributed by atoms with Gasteiger partial charge in [-0.15, -0.1) is 0 Å². The molecule has 3 aromatic carbocycles. The van der Waals surface area contributed by atoms with Crippen molar-refractivity contribution in [2.45, 2.75) is 0 Å². The molecule has 4 nitrogen and oxygen atoms in total. The highest BCUT2D eigenvalue weighted by atomic mass is 32.2. The van der Waals surface area contributed by atoms with E-state index in [2.05, 4.69) is 0 Å². The molecule has 3 aromatic rings. The van der Waals surface area contributed by atoms with Crippen molar-refractivity contribution in [2.24, 2.45) is 0 Å². The van der Waals surface area contributed by atoms with Gasteiger partial charge in [0.15, 0.2) is 0 Å². The molecule has 0 aliphatic carbocycles. The van der Waals surface area contributed by atoms with Crippen LogP contribution in [0.5, 0.6) is 17.2 Å². The standard InChI is InChI=1S/C24H19NO3S2/c26-23-22(30-24(29)25(23)14-15-27-19-9-3-1-4-10-19)17-18-8-7-13-21(16-18)28-20-11-5-2-6-12-20/h1-13,16-17H,14-15H2/b22-17-. The van der Waals surface area contributed by atoms with Gasteiger partial charge in [-0.1, -0.05) is 72.5 Å². The van der Waals surface area contributed by atoms with Crippen molar-refractivity contribution in [1.82, 2.24) is 4.90 Å². The molecule has 1 aliphatic rings. The van der Waals surface area contributed by atoms with E-state index in [1.165, 1.54) is 11.8 Å². The Bertz CT molecular complexity index is 1070. The molecule has 1 aliphatic heterocycles. The minimum Gasteiger partial charge on any atom is -0.492 e. The fourth-order valence-electron chi connectivity index (χ4n) is 2.91. The molecule has 0 unspecified atom stereocenters. The van der Waals surface area contributed by atoms with Gasteiger partial charge in [0, 0.05) is 0 Å². The molecule has 0 radical (unpaired) electrons. The molecule has 150 valence electrons. The molecule has 4 rings (SSSR count). The van der Waals surface area contributed by atoms with E-state index < -0.39 is 0 Å². The zero-order valence-electron chi connectivity index (χ0n) is 16.1. The van der Waals surface area contributed by atoms with Gasteiger partial charge in [0.25, 0.3) is 5.91 Å². The van der Waals surface area contributed by atoms with Crippen LogP contribution in [-0.2, 0) is 4.79 Å². The van der Waals surface area contributed by atoms with E-state index in [4.69, 9.17) is 21.7 Å². The normalized spacial score (nSPS) is 14.9. The van der Waals surface area contributed by atoms with E-state index in [0.29, 0.717) is 28.1 Å². The third-order valence-electron chi connectivity index (χ3n) is 4.34. The van der Waals surface area contributed by atoms with Crippen molar-refractivity contribution < 1.29 is 14.3 Å². The first kappa shape index (κ1) is 20.2. The molecule has 0 N–H and O–H groups in total. The molecule has 1 heterocycles. The smallest absolute Gasteiger partial charge is 0.266 e. The van der Waals surface area contributed by atoms with E-state index in [1.54, 1.807) is 4.90 Å². The van der Waals surface area contributed by atoms with Gasteiger partial charge in [-0.2, -0.15) is 0 Å². The highest BCUT2D eigenvalue weighted by Gasteiger charge is 2.31. The quantitative estimate of drug-likeness (QED) is 0.350. The van der Waals surface area contributed by atoms with Gasteiger partial charge in [0.2, 0.25) is 0 Å². The molecular weight excluding hydrogens is 414 g/mol. The number of amides is 1. The molecular formula is C24H19NO3S2. The summed E-state index contributed by atoms with van der Waals surface area (Å²) in [6, 6.07) is 26.7. The van der Waals surface area contributed by atoms with E-state index in [0.717, 1.165) is 17.1 Å². The maximum absolute atomic E-state index is 12.8. The summed E-state index contributed by atoms with van der Waals surface area (Å²) in [6.07, 6.45) is 1.84. The zero-order chi connectivity index (χ0) is 20.8. The van der Waals surface area contributed by atoms with Gasteiger partial charge >= 0.3 is 0 Å². The van der Waals surface area contributed by atoms with E-state index in [1.807, 2.05) is 91.0 Å². The number of thiocarbonyl (C=S) groups is 1. The second kappa shape index (κ2) is 9.61. The fourth-order valence-corrected chi connectivity index (χ4v) is 4.22. The summed E-state index contributed by atoms with van der Waals surface area (Å²) in [5.74, 6) is 2.14. The molecule has 0 atom stereocenters. The van der Waals surface area contributed by atoms with Crippen LogP contribution in [0.3, 0.4) is 0 Å². The maximum atomic E-state index is 12.8. The fraction of sp³-hybridized carbons (Fsp3) is 0.0833. The predicted molar refractivity (Wildman–Crippen MR) is 125 cm³/mol. The number of carbonyl (C=O) groups excluding carboxylic acids is 1. The van der Waals surface area contributed by atoms with Crippen LogP contribution in [0, 0.1) is 0 Å². The largest absolute Gasteiger partial charge is 0.492 e. The molecule has 0 saturated carbocycles. The number of hydrogen-bond acceptors (Lipinski definition) is 5. The van der Waals surface area contributed by atoms with Crippen LogP contribution in [0.25, 0.3) is 6.08 Å².